The Morgan fingerprint density at radius 1 is 1.21 bits per heavy atom. The average molecular weight is 382 g/mol. The summed E-state index contributed by atoms with van der Waals surface area (Å²) in [6.45, 7) is 10.2. The Morgan fingerprint density at radius 2 is 1.96 bits per heavy atom. The maximum atomic E-state index is 13.5. The summed E-state index contributed by atoms with van der Waals surface area (Å²) in [5.41, 5.74) is 2.20. The molecule has 0 unspecified atom stereocenters. The second kappa shape index (κ2) is 8.08. The quantitative estimate of drug-likeness (QED) is 0.778. The molecule has 2 fully saturated rings. The van der Waals surface area contributed by atoms with Crippen molar-refractivity contribution in [3.05, 3.63) is 41.7 Å². The van der Waals surface area contributed by atoms with Crippen LogP contribution in [0.3, 0.4) is 0 Å². The fraction of sp³-hybridized carbons (Fsp3) is 0.565. The third-order valence-electron chi connectivity index (χ3n) is 6.12. The SMILES string of the molecule is Cc1onc(-c2ccccc2)c1C(=O)N1CCCN(CC2CC2)[C@@H](C(C)C)C1. The van der Waals surface area contributed by atoms with Crippen LogP contribution in [0.5, 0.6) is 0 Å². The van der Waals surface area contributed by atoms with Gasteiger partial charge in [0.2, 0.25) is 0 Å². The topological polar surface area (TPSA) is 49.6 Å². The number of carbonyl (C=O) groups excluding carboxylic acids is 1. The van der Waals surface area contributed by atoms with Crippen molar-refractivity contribution < 1.29 is 9.32 Å². The summed E-state index contributed by atoms with van der Waals surface area (Å²) in [5.74, 6) is 2.04. The molecule has 0 N–H and O–H groups in total. The second-order valence-corrected chi connectivity index (χ2v) is 8.68. The number of nitrogens with zero attached hydrogens (tertiary/aromatic N) is 3. The minimum absolute atomic E-state index is 0.0523. The van der Waals surface area contributed by atoms with Gasteiger partial charge in [-0.05, 0) is 38.0 Å². The molecule has 1 aliphatic heterocycles. The molecule has 28 heavy (non-hydrogen) atoms. The van der Waals surface area contributed by atoms with E-state index in [4.69, 9.17) is 4.52 Å². The van der Waals surface area contributed by atoms with E-state index in [9.17, 15) is 4.79 Å². The fourth-order valence-corrected chi connectivity index (χ4v) is 4.31. The van der Waals surface area contributed by atoms with Crippen LogP contribution in [0.15, 0.2) is 34.9 Å². The Labute approximate surface area is 167 Å². The minimum atomic E-state index is 0.0523. The molecule has 150 valence electrons. The highest BCUT2D eigenvalue weighted by molar-refractivity contribution is 6.00. The van der Waals surface area contributed by atoms with Crippen LogP contribution in [0.4, 0.5) is 0 Å². The summed E-state index contributed by atoms with van der Waals surface area (Å²) >= 11 is 0. The Balaban J connectivity index is 1.58. The van der Waals surface area contributed by atoms with Crippen molar-refractivity contribution in [2.45, 2.75) is 46.1 Å². The molecule has 1 aliphatic carbocycles. The minimum Gasteiger partial charge on any atom is -0.360 e. The monoisotopic (exact) mass is 381 g/mol. The van der Waals surface area contributed by atoms with Crippen LogP contribution in [0, 0.1) is 18.8 Å². The molecule has 4 rings (SSSR count). The van der Waals surface area contributed by atoms with E-state index in [1.54, 1.807) is 0 Å². The molecule has 2 aromatic rings. The van der Waals surface area contributed by atoms with Gasteiger partial charge < -0.3 is 9.42 Å². The zero-order chi connectivity index (χ0) is 19.7. The summed E-state index contributed by atoms with van der Waals surface area (Å²) in [4.78, 5) is 18.2. The van der Waals surface area contributed by atoms with Crippen LogP contribution in [0.25, 0.3) is 11.3 Å². The highest BCUT2D eigenvalue weighted by Gasteiger charge is 2.35. The lowest BCUT2D eigenvalue weighted by Gasteiger charge is -2.34. The van der Waals surface area contributed by atoms with Crippen LogP contribution in [0.2, 0.25) is 0 Å². The Hall–Kier alpha value is -2.14. The molecule has 1 saturated carbocycles. The van der Waals surface area contributed by atoms with Crippen LogP contribution >= 0.6 is 0 Å². The van der Waals surface area contributed by atoms with Crippen molar-refractivity contribution in [1.82, 2.24) is 15.0 Å². The van der Waals surface area contributed by atoms with E-state index in [1.165, 1.54) is 19.4 Å². The normalized spacial score (nSPS) is 21.1. The molecular formula is C23H31N3O2. The Kier molecular flexibility index (Phi) is 5.54. The first-order chi connectivity index (χ1) is 13.5. The average Bonchev–Trinajstić information content (AvgIpc) is 3.46. The van der Waals surface area contributed by atoms with E-state index in [-0.39, 0.29) is 5.91 Å². The second-order valence-electron chi connectivity index (χ2n) is 8.68. The first-order valence-corrected chi connectivity index (χ1v) is 10.6. The van der Waals surface area contributed by atoms with E-state index in [0.717, 1.165) is 37.5 Å². The molecule has 0 bridgehead atoms. The zero-order valence-electron chi connectivity index (χ0n) is 17.2. The fourth-order valence-electron chi connectivity index (χ4n) is 4.31. The number of hydrogen-bond donors (Lipinski definition) is 0. The van der Waals surface area contributed by atoms with Gasteiger partial charge >= 0.3 is 0 Å². The third-order valence-corrected chi connectivity index (χ3v) is 6.12. The van der Waals surface area contributed by atoms with E-state index in [1.807, 2.05) is 42.2 Å². The molecule has 1 amide bonds. The van der Waals surface area contributed by atoms with Gasteiger partial charge in [0.05, 0.1) is 0 Å². The van der Waals surface area contributed by atoms with Gasteiger partial charge in [-0.3, -0.25) is 9.69 Å². The van der Waals surface area contributed by atoms with Gasteiger partial charge in [-0.2, -0.15) is 0 Å². The molecule has 0 spiro atoms. The van der Waals surface area contributed by atoms with E-state index in [2.05, 4.69) is 23.9 Å². The van der Waals surface area contributed by atoms with Crippen molar-refractivity contribution in [3.63, 3.8) is 0 Å². The van der Waals surface area contributed by atoms with Gasteiger partial charge in [0.1, 0.15) is 17.0 Å². The van der Waals surface area contributed by atoms with Crippen LogP contribution in [-0.2, 0) is 0 Å². The number of carbonyl (C=O) groups is 1. The number of hydrogen-bond acceptors (Lipinski definition) is 4. The van der Waals surface area contributed by atoms with Crippen molar-refractivity contribution in [2.24, 2.45) is 11.8 Å². The van der Waals surface area contributed by atoms with E-state index < -0.39 is 0 Å². The lowest BCUT2D eigenvalue weighted by atomic mass is 10.0. The van der Waals surface area contributed by atoms with Crippen molar-refractivity contribution in [1.29, 1.82) is 0 Å². The van der Waals surface area contributed by atoms with Crippen molar-refractivity contribution in [2.75, 3.05) is 26.2 Å². The largest absolute Gasteiger partial charge is 0.360 e. The number of benzene rings is 1. The molecule has 2 heterocycles. The molecule has 2 aliphatic rings. The number of amides is 1. The third kappa shape index (κ3) is 4.00. The van der Waals surface area contributed by atoms with Gasteiger partial charge in [0, 0.05) is 37.8 Å². The summed E-state index contributed by atoms with van der Waals surface area (Å²) < 4.78 is 5.44. The first kappa shape index (κ1) is 19.2. The smallest absolute Gasteiger partial charge is 0.259 e. The van der Waals surface area contributed by atoms with Gasteiger partial charge in [-0.15, -0.1) is 0 Å². The molecule has 1 aromatic heterocycles. The Bertz CT molecular complexity index is 811. The summed E-state index contributed by atoms with van der Waals surface area (Å²) in [7, 11) is 0. The summed E-state index contributed by atoms with van der Waals surface area (Å²) in [6, 6.07) is 10.3. The summed E-state index contributed by atoms with van der Waals surface area (Å²) in [6.07, 6.45) is 3.75. The highest BCUT2D eigenvalue weighted by Crippen LogP contribution is 2.32. The van der Waals surface area contributed by atoms with Crippen LogP contribution in [-0.4, -0.2) is 53.1 Å². The van der Waals surface area contributed by atoms with Gasteiger partial charge in [-0.1, -0.05) is 49.3 Å². The van der Waals surface area contributed by atoms with Gasteiger partial charge in [0.25, 0.3) is 5.91 Å². The summed E-state index contributed by atoms with van der Waals surface area (Å²) in [5, 5.41) is 4.21. The molecule has 1 aromatic carbocycles. The van der Waals surface area contributed by atoms with Gasteiger partial charge in [0.15, 0.2) is 0 Å². The predicted molar refractivity (Wildman–Crippen MR) is 110 cm³/mol. The van der Waals surface area contributed by atoms with E-state index in [0.29, 0.717) is 29.0 Å². The lowest BCUT2D eigenvalue weighted by molar-refractivity contribution is 0.0703. The zero-order valence-corrected chi connectivity index (χ0v) is 17.2. The first-order valence-electron chi connectivity index (χ1n) is 10.6. The van der Waals surface area contributed by atoms with Crippen molar-refractivity contribution >= 4 is 5.91 Å². The van der Waals surface area contributed by atoms with Crippen LogP contribution in [0.1, 0.15) is 49.2 Å². The molecular weight excluding hydrogens is 350 g/mol. The standard InChI is InChI=1S/C23H31N3O2/c1-16(2)20-15-26(13-7-12-25(20)14-18-10-11-18)23(27)21-17(3)28-24-22(21)19-8-5-4-6-9-19/h4-6,8-9,16,18,20H,7,10-15H2,1-3H3/t20-/m1/s1. The Morgan fingerprint density at radius 3 is 2.64 bits per heavy atom. The molecule has 5 heteroatoms. The number of rotatable bonds is 5. The van der Waals surface area contributed by atoms with E-state index >= 15 is 0 Å². The lowest BCUT2D eigenvalue weighted by Crippen LogP contribution is -2.46. The molecule has 0 radical (unpaired) electrons. The van der Waals surface area contributed by atoms with Crippen molar-refractivity contribution in [3.8, 4) is 11.3 Å². The maximum Gasteiger partial charge on any atom is 0.259 e. The molecule has 1 saturated heterocycles. The molecule has 5 nitrogen and oxygen atoms in total. The number of aryl methyl sites for hydroxylation is 1. The van der Waals surface area contributed by atoms with Crippen LogP contribution < -0.4 is 0 Å². The maximum absolute atomic E-state index is 13.5. The molecule has 1 atom stereocenters. The number of aromatic nitrogens is 1. The predicted octanol–water partition coefficient (Wildman–Crippen LogP) is 4.23. The van der Waals surface area contributed by atoms with Gasteiger partial charge in [-0.25, -0.2) is 0 Å². The highest BCUT2D eigenvalue weighted by atomic mass is 16.5.